The van der Waals surface area contributed by atoms with E-state index in [1.165, 1.54) is 6.92 Å². The third-order valence-corrected chi connectivity index (χ3v) is 9.99. The lowest BCUT2D eigenvalue weighted by Gasteiger charge is -2.28. The van der Waals surface area contributed by atoms with E-state index in [0.29, 0.717) is 24.5 Å². The predicted molar refractivity (Wildman–Crippen MR) is 195 cm³/mol. The summed E-state index contributed by atoms with van der Waals surface area (Å²) in [7, 11) is 0. The molecule has 3 atom stereocenters. The van der Waals surface area contributed by atoms with Crippen molar-refractivity contribution in [2.45, 2.75) is 63.6 Å². The van der Waals surface area contributed by atoms with Crippen molar-refractivity contribution in [3.05, 3.63) is 108 Å². The molecule has 12 heteroatoms. The van der Waals surface area contributed by atoms with Gasteiger partial charge in [-0.25, -0.2) is 14.8 Å². The molecule has 0 aliphatic carbocycles. The quantitative estimate of drug-likeness (QED) is 0.117. The molecule has 2 aliphatic rings. The highest BCUT2D eigenvalue weighted by Gasteiger charge is 2.37. The van der Waals surface area contributed by atoms with Gasteiger partial charge in [0, 0.05) is 25.9 Å². The molecule has 0 saturated carbocycles. The number of hydrogen-bond donors (Lipinski definition) is 4. The van der Waals surface area contributed by atoms with Crippen LogP contribution in [0.15, 0.2) is 91.3 Å². The van der Waals surface area contributed by atoms with E-state index >= 15 is 0 Å². The van der Waals surface area contributed by atoms with Crippen LogP contribution in [-0.4, -0.2) is 71.6 Å². The van der Waals surface area contributed by atoms with Gasteiger partial charge < -0.3 is 35.0 Å². The number of nitrogens with zero attached hydrogens (tertiary/aromatic N) is 4. The fourth-order valence-electron chi connectivity index (χ4n) is 7.30. The van der Waals surface area contributed by atoms with Crippen molar-refractivity contribution in [3.63, 3.8) is 0 Å². The van der Waals surface area contributed by atoms with Crippen LogP contribution in [0, 0.1) is 0 Å². The first-order chi connectivity index (χ1) is 25.2. The lowest BCUT2D eigenvalue weighted by molar-refractivity contribution is -0.134. The van der Waals surface area contributed by atoms with E-state index in [2.05, 4.69) is 61.7 Å². The monoisotopic (exact) mass is 699 g/mol. The van der Waals surface area contributed by atoms with Crippen molar-refractivity contribution >= 4 is 23.7 Å². The topological polar surface area (TPSA) is 164 Å². The third-order valence-electron chi connectivity index (χ3n) is 9.99. The minimum Gasteiger partial charge on any atom is -0.465 e. The number of benzene rings is 3. The van der Waals surface area contributed by atoms with Crippen LogP contribution in [0.5, 0.6) is 0 Å². The summed E-state index contributed by atoms with van der Waals surface area (Å²) in [6, 6.07) is 23.9. The summed E-state index contributed by atoms with van der Waals surface area (Å²) in [5, 5.41) is 11.9. The molecule has 4 heterocycles. The summed E-state index contributed by atoms with van der Waals surface area (Å²) in [4.78, 5) is 69.1. The first-order valence-electron chi connectivity index (χ1n) is 17.7. The molecule has 12 nitrogen and oxygen atoms in total. The van der Waals surface area contributed by atoms with Crippen molar-refractivity contribution in [2.75, 3.05) is 13.1 Å². The van der Waals surface area contributed by atoms with E-state index in [1.54, 1.807) is 35.4 Å². The van der Waals surface area contributed by atoms with Crippen molar-refractivity contribution in [1.29, 1.82) is 0 Å². The Labute approximate surface area is 301 Å². The SMILES string of the molecule is CC(=O)CCC(=O)N1CCC[C@H]1c1ncc(-c2ccc(-c3ccc(-c4cnc([C@@H]5CCCN5C(=O)[C@H](NC(=O)O)c5ccccc5)[nH]4)cc3)cc2)[nH]1. The number of carbonyl (C=O) groups excluding carboxylic acids is 3. The molecule has 2 fully saturated rings. The molecule has 266 valence electrons. The Balaban J connectivity index is 1.01. The highest BCUT2D eigenvalue weighted by molar-refractivity contribution is 5.87. The summed E-state index contributed by atoms with van der Waals surface area (Å²) in [5.41, 5.74) is 6.36. The number of carboxylic acid groups (broad SMARTS) is 1. The van der Waals surface area contributed by atoms with Gasteiger partial charge in [-0.15, -0.1) is 0 Å². The minimum absolute atomic E-state index is 0.00380. The van der Waals surface area contributed by atoms with E-state index in [4.69, 9.17) is 0 Å². The van der Waals surface area contributed by atoms with Gasteiger partial charge in [-0.3, -0.25) is 9.59 Å². The van der Waals surface area contributed by atoms with Crippen LogP contribution in [0.3, 0.4) is 0 Å². The van der Waals surface area contributed by atoms with Gasteiger partial charge in [-0.05, 0) is 60.4 Å². The van der Waals surface area contributed by atoms with Gasteiger partial charge in [0.15, 0.2) is 0 Å². The number of imidazole rings is 2. The number of ketones is 1. The molecule has 5 aromatic rings. The molecule has 0 unspecified atom stereocenters. The molecular formula is C40H41N7O5. The summed E-state index contributed by atoms with van der Waals surface area (Å²) in [6.45, 7) is 2.70. The van der Waals surface area contributed by atoms with Gasteiger partial charge >= 0.3 is 6.09 Å². The predicted octanol–water partition coefficient (Wildman–Crippen LogP) is 6.84. The fourth-order valence-corrected chi connectivity index (χ4v) is 7.30. The highest BCUT2D eigenvalue weighted by Crippen LogP contribution is 2.35. The van der Waals surface area contributed by atoms with E-state index < -0.39 is 12.1 Å². The van der Waals surface area contributed by atoms with Crippen LogP contribution < -0.4 is 5.32 Å². The van der Waals surface area contributed by atoms with Gasteiger partial charge in [0.2, 0.25) is 5.91 Å². The van der Waals surface area contributed by atoms with Gasteiger partial charge in [0.25, 0.3) is 5.91 Å². The zero-order valence-corrected chi connectivity index (χ0v) is 28.9. The molecule has 7 rings (SSSR count). The number of nitrogens with one attached hydrogen (secondary N) is 3. The standard InChI is InChI=1S/C40H41N7O5/c1-25(48)11-20-35(49)46-21-5-9-33(46)37-41-23-31(43-37)28-16-12-26(13-17-28)27-14-18-29(19-15-27)32-24-42-38(44-32)34-10-6-22-47(34)39(50)36(45-40(51)52)30-7-3-2-4-8-30/h2-4,7-8,12-19,23-24,33-34,36,45H,5-6,9-11,20-22H2,1H3,(H,41,43)(H,42,44)(H,51,52)/t33-,34-,36+/m0/s1. The number of likely N-dealkylation sites (tertiary alicyclic amines) is 2. The van der Waals surface area contributed by atoms with E-state index in [1.807, 2.05) is 29.3 Å². The number of rotatable bonds is 11. The van der Waals surface area contributed by atoms with Crippen LogP contribution in [-0.2, 0) is 14.4 Å². The smallest absolute Gasteiger partial charge is 0.405 e. The van der Waals surface area contributed by atoms with Crippen LogP contribution in [0.2, 0.25) is 0 Å². The number of hydrogen-bond acceptors (Lipinski definition) is 6. The number of Topliss-reactive ketones (excluding diaryl/α,β-unsaturated/α-hetero) is 1. The Morgan fingerprint density at radius 2 is 1.23 bits per heavy atom. The maximum absolute atomic E-state index is 13.7. The second-order valence-corrected chi connectivity index (χ2v) is 13.4. The van der Waals surface area contributed by atoms with E-state index in [-0.39, 0.29) is 42.5 Å². The van der Waals surface area contributed by atoms with Crippen LogP contribution in [0.25, 0.3) is 33.6 Å². The molecule has 2 saturated heterocycles. The average molecular weight is 700 g/mol. The Morgan fingerprint density at radius 3 is 1.75 bits per heavy atom. The number of amides is 3. The highest BCUT2D eigenvalue weighted by atomic mass is 16.4. The van der Waals surface area contributed by atoms with Gasteiger partial charge in [0.1, 0.15) is 23.5 Å². The third kappa shape index (κ3) is 7.36. The molecule has 0 spiro atoms. The normalized spacial score (nSPS) is 17.6. The lowest BCUT2D eigenvalue weighted by atomic mass is 10.0. The van der Waals surface area contributed by atoms with Gasteiger partial charge in [0.05, 0.1) is 35.9 Å². The second-order valence-electron chi connectivity index (χ2n) is 13.4. The lowest BCUT2D eigenvalue weighted by Crippen LogP contribution is -2.42. The zero-order valence-electron chi connectivity index (χ0n) is 28.9. The molecule has 2 aromatic heterocycles. The fraction of sp³-hybridized carbons (Fsp3) is 0.300. The molecule has 52 heavy (non-hydrogen) atoms. The molecule has 3 aromatic carbocycles. The summed E-state index contributed by atoms with van der Waals surface area (Å²) in [6.07, 6.45) is 6.09. The van der Waals surface area contributed by atoms with Crippen LogP contribution in [0.4, 0.5) is 4.79 Å². The van der Waals surface area contributed by atoms with Gasteiger partial charge in [-0.1, -0.05) is 78.9 Å². The van der Waals surface area contributed by atoms with Crippen molar-refractivity contribution in [2.24, 2.45) is 0 Å². The van der Waals surface area contributed by atoms with Crippen LogP contribution in [0.1, 0.15) is 80.8 Å². The second kappa shape index (κ2) is 15.1. The molecular weight excluding hydrogens is 658 g/mol. The minimum atomic E-state index is -1.25. The summed E-state index contributed by atoms with van der Waals surface area (Å²) >= 11 is 0. The van der Waals surface area contributed by atoms with Crippen molar-refractivity contribution in [3.8, 4) is 33.6 Å². The number of H-pyrrole nitrogens is 2. The molecule has 0 radical (unpaired) electrons. The Morgan fingerprint density at radius 1 is 0.731 bits per heavy atom. The number of aromatic nitrogens is 4. The molecule has 4 N–H and O–H groups in total. The first-order valence-corrected chi connectivity index (χ1v) is 17.7. The summed E-state index contributed by atoms with van der Waals surface area (Å²) < 4.78 is 0. The molecule has 3 amide bonds. The maximum atomic E-state index is 13.7. The Hall–Kier alpha value is -6.04. The average Bonchev–Trinajstić information content (AvgIpc) is 3.99. The number of carbonyl (C=O) groups is 4. The van der Waals surface area contributed by atoms with Gasteiger partial charge in [-0.2, -0.15) is 0 Å². The summed E-state index contributed by atoms with van der Waals surface area (Å²) in [5.74, 6) is 1.16. The zero-order chi connectivity index (χ0) is 36.2. The maximum Gasteiger partial charge on any atom is 0.405 e. The van der Waals surface area contributed by atoms with Crippen molar-refractivity contribution < 1.29 is 24.3 Å². The van der Waals surface area contributed by atoms with E-state index in [9.17, 15) is 24.3 Å². The molecule has 2 aliphatic heterocycles. The van der Waals surface area contributed by atoms with E-state index in [0.717, 1.165) is 65.1 Å². The Kier molecular flexibility index (Phi) is 9.96. The largest absolute Gasteiger partial charge is 0.465 e. The van der Waals surface area contributed by atoms with Crippen molar-refractivity contribution in [1.82, 2.24) is 35.1 Å². The Bertz CT molecular complexity index is 2060. The van der Waals surface area contributed by atoms with Crippen LogP contribution >= 0.6 is 0 Å². The molecule has 0 bridgehead atoms. The number of aromatic amines is 2. The first kappa shape index (κ1) is 34.4.